The van der Waals surface area contributed by atoms with Gasteiger partial charge in [-0.2, -0.15) is 0 Å². The fourth-order valence-corrected chi connectivity index (χ4v) is 1.07. The maximum Gasteiger partial charge on any atom is 0.173 e. The van der Waals surface area contributed by atoms with Crippen molar-refractivity contribution in [1.29, 1.82) is 0 Å². The Kier molecular flexibility index (Phi) is 4.45. The Morgan fingerprint density at radius 2 is 1.87 bits per heavy atom. The minimum atomic E-state index is -0.883. The molecule has 0 atom stereocenters. The summed E-state index contributed by atoms with van der Waals surface area (Å²) in [7, 11) is 3.00. The highest BCUT2D eigenvalue weighted by Gasteiger charge is 2.06. The molecule has 1 aromatic carbocycles. The van der Waals surface area contributed by atoms with E-state index in [0.29, 0.717) is 12.2 Å². The molecule has 0 aromatic heterocycles. The number of ether oxygens (including phenoxy) is 2. The Balaban J connectivity index is 2.54. The van der Waals surface area contributed by atoms with Gasteiger partial charge in [-0.15, -0.1) is 0 Å². The Bertz CT molecular complexity index is 316. The molecule has 0 aliphatic rings. The van der Waals surface area contributed by atoms with Gasteiger partial charge in [-0.3, -0.25) is 0 Å². The topological polar surface area (TPSA) is 30.5 Å². The van der Waals surface area contributed by atoms with Gasteiger partial charge in [0, 0.05) is 26.0 Å². The molecule has 0 heterocycles. The van der Waals surface area contributed by atoms with Crippen LogP contribution in [-0.2, 0) is 9.47 Å². The Morgan fingerprint density at radius 1 is 1.20 bits per heavy atom. The van der Waals surface area contributed by atoms with E-state index in [9.17, 15) is 8.78 Å². The van der Waals surface area contributed by atoms with Crippen LogP contribution in [0.4, 0.5) is 14.5 Å². The van der Waals surface area contributed by atoms with Crippen LogP contribution >= 0.6 is 0 Å². The summed E-state index contributed by atoms with van der Waals surface area (Å²) in [4.78, 5) is 0. The molecule has 1 rings (SSSR count). The van der Waals surface area contributed by atoms with Crippen LogP contribution in [0.5, 0.6) is 0 Å². The zero-order chi connectivity index (χ0) is 11.3. The van der Waals surface area contributed by atoms with Crippen molar-refractivity contribution in [3.63, 3.8) is 0 Å². The first-order valence-corrected chi connectivity index (χ1v) is 4.42. The molecule has 15 heavy (non-hydrogen) atoms. The van der Waals surface area contributed by atoms with Gasteiger partial charge in [0.1, 0.15) is 0 Å². The summed E-state index contributed by atoms with van der Waals surface area (Å²) < 4.78 is 35.2. The van der Waals surface area contributed by atoms with Crippen LogP contribution in [0.3, 0.4) is 0 Å². The molecule has 0 fully saturated rings. The van der Waals surface area contributed by atoms with E-state index in [4.69, 9.17) is 9.47 Å². The van der Waals surface area contributed by atoms with Crippen molar-refractivity contribution in [2.24, 2.45) is 0 Å². The molecule has 0 spiro atoms. The number of nitrogens with one attached hydrogen (secondary N) is 1. The average Bonchev–Trinajstić information content (AvgIpc) is 2.24. The van der Waals surface area contributed by atoms with E-state index >= 15 is 0 Å². The normalized spacial score (nSPS) is 10.7. The minimum Gasteiger partial charge on any atom is -0.380 e. The summed E-state index contributed by atoms with van der Waals surface area (Å²) in [5.41, 5.74) is 0.480. The molecule has 0 unspecified atom stereocenters. The second-order valence-electron chi connectivity index (χ2n) is 2.91. The van der Waals surface area contributed by atoms with Gasteiger partial charge in [0.15, 0.2) is 17.9 Å². The lowest BCUT2D eigenvalue weighted by molar-refractivity contribution is -0.0914. The lowest BCUT2D eigenvalue weighted by atomic mass is 10.3. The minimum absolute atomic E-state index is 0.359. The molecule has 0 aliphatic heterocycles. The third-order valence-corrected chi connectivity index (χ3v) is 1.92. The van der Waals surface area contributed by atoms with Gasteiger partial charge >= 0.3 is 0 Å². The van der Waals surface area contributed by atoms with Gasteiger partial charge in [0.05, 0.1) is 6.54 Å². The smallest absolute Gasteiger partial charge is 0.173 e. The van der Waals surface area contributed by atoms with Gasteiger partial charge in [-0.25, -0.2) is 8.78 Å². The van der Waals surface area contributed by atoms with Gasteiger partial charge in [0.2, 0.25) is 0 Å². The summed E-state index contributed by atoms with van der Waals surface area (Å²) >= 11 is 0. The van der Waals surface area contributed by atoms with E-state index in [2.05, 4.69) is 5.32 Å². The summed E-state index contributed by atoms with van der Waals surface area (Å²) in [6.45, 7) is 0.359. The second-order valence-corrected chi connectivity index (χ2v) is 2.91. The Morgan fingerprint density at radius 3 is 2.40 bits per heavy atom. The largest absolute Gasteiger partial charge is 0.380 e. The van der Waals surface area contributed by atoms with E-state index < -0.39 is 17.9 Å². The van der Waals surface area contributed by atoms with Crippen LogP contribution in [0.2, 0.25) is 0 Å². The number of hydrogen-bond donors (Lipinski definition) is 1. The predicted octanol–water partition coefficient (Wildman–Crippen LogP) is 2.00. The molecular weight excluding hydrogens is 204 g/mol. The molecular formula is C10H13F2NO2. The van der Waals surface area contributed by atoms with Crippen molar-refractivity contribution >= 4 is 5.69 Å². The number of hydrogen-bond acceptors (Lipinski definition) is 3. The molecule has 1 aromatic rings. The third kappa shape index (κ3) is 3.45. The van der Waals surface area contributed by atoms with E-state index in [1.54, 1.807) is 0 Å². The van der Waals surface area contributed by atoms with Crippen molar-refractivity contribution in [2.75, 3.05) is 26.1 Å². The lowest BCUT2D eigenvalue weighted by Crippen LogP contribution is -2.23. The first-order valence-electron chi connectivity index (χ1n) is 4.42. The molecule has 3 nitrogen and oxygen atoms in total. The first-order chi connectivity index (χ1) is 7.17. The van der Waals surface area contributed by atoms with Crippen LogP contribution in [0.1, 0.15) is 0 Å². The van der Waals surface area contributed by atoms with Crippen molar-refractivity contribution in [1.82, 2.24) is 0 Å². The molecule has 0 amide bonds. The molecule has 0 aliphatic carbocycles. The molecule has 0 saturated carbocycles. The number of halogens is 2. The van der Waals surface area contributed by atoms with Crippen molar-refractivity contribution in [3.8, 4) is 0 Å². The molecule has 0 bridgehead atoms. The molecule has 84 valence electrons. The number of anilines is 1. The summed E-state index contributed by atoms with van der Waals surface area (Å²) in [6.07, 6.45) is -0.418. The molecule has 1 N–H and O–H groups in total. The van der Waals surface area contributed by atoms with Crippen LogP contribution < -0.4 is 5.32 Å². The van der Waals surface area contributed by atoms with Crippen LogP contribution in [0.15, 0.2) is 18.2 Å². The van der Waals surface area contributed by atoms with E-state index in [1.807, 2.05) is 0 Å². The van der Waals surface area contributed by atoms with Gasteiger partial charge in [-0.1, -0.05) is 0 Å². The van der Waals surface area contributed by atoms with E-state index in [0.717, 1.165) is 12.1 Å². The fraction of sp³-hybridized carbons (Fsp3) is 0.400. The molecule has 5 heteroatoms. The lowest BCUT2D eigenvalue weighted by Gasteiger charge is -2.14. The van der Waals surface area contributed by atoms with Gasteiger partial charge < -0.3 is 14.8 Å². The van der Waals surface area contributed by atoms with Gasteiger partial charge in [-0.05, 0) is 12.1 Å². The van der Waals surface area contributed by atoms with Crippen molar-refractivity contribution < 1.29 is 18.3 Å². The molecule has 0 radical (unpaired) electrons. The maximum absolute atomic E-state index is 12.8. The van der Waals surface area contributed by atoms with Crippen molar-refractivity contribution in [2.45, 2.75) is 6.29 Å². The summed E-state index contributed by atoms with van der Waals surface area (Å²) in [6, 6.07) is 3.59. The highest BCUT2D eigenvalue weighted by Crippen LogP contribution is 2.13. The first kappa shape index (κ1) is 11.9. The molecule has 0 saturated heterocycles. The zero-order valence-corrected chi connectivity index (χ0v) is 8.59. The fourth-order valence-electron chi connectivity index (χ4n) is 1.07. The van der Waals surface area contributed by atoms with E-state index in [-0.39, 0.29) is 0 Å². The monoisotopic (exact) mass is 217 g/mol. The highest BCUT2D eigenvalue weighted by atomic mass is 19.2. The number of methoxy groups -OCH3 is 2. The average molecular weight is 217 g/mol. The Labute approximate surface area is 87.0 Å². The highest BCUT2D eigenvalue weighted by molar-refractivity contribution is 5.43. The zero-order valence-electron chi connectivity index (χ0n) is 8.59. The van der Waals surface area contributed by atoms with Crippen LogP contribution in [0, 0.1) is 11.6 Å². The second kappa shape index (κ2) is 5.63. The SMILES string of the molecule is COC(CNc1ccc(F)c(F)c1)OC. The quantitative estimate of drug-likeness (QED) is 0.765. The number of rotatable bonds is 5. The van der Waals surface area contributed by atoms with Crippen LogP contribution in [0.25, 0.3) is 0 Å². The third-order valence-electron chi connectivity index (χ3n) is 1.92. The van der Waals surface area contributed by atoms with Crippen LogP contribution in [-0.4, -0.2) is 27.1 Å². The summed E-state index contributed by atoms with van der Waals surface area (Å²) in [5, 5.41) is 2.86. The van der Waals surface area contributed by atoms with Crippen molar-refractivity contribution in [3.05, 3.63) is 29.8 Å². The Hall–Kier alpha value is -1.20. The van der Waals surface area contributed by atoms with Gasteiger partial charge in [0.25, 0.3) is 0 Å². The van der Waals surface area contributed by atoms with E-state index in [1.165, 1.54) is 20.3 Å². The standard InChI is InChI=1S/C10H13F2NO2/c1-14-10(15-2)6-13-7-3-4-8(11)9(12)5-7/h3-5,10,13H,6H2,1-2H3. The maximum atomic E-state index is 12.8. The summed E-state index contributed by atoms with van der Waals surface area (Å²) in [5.74, 6) is -1.75. The number of benzene rings is 1. The predicted molar refractivity (Wildman–Crippen MR) is 52.7 cm³/mol.